The largest absolute Gasteiger partial charge is 0.510 e. The van der Waals surface area contributed by atoms with Crippen LogP contribution >= 0.6 is 0 Å². The summed E-state index contributed by atoms with van der Waals surface area (Å²) in [5.41, 5.74) is 1.17. The van der Waals surface area contributed by atoms with E-state index in [0.29, 0.717) is 13.0 Å². The molecule has 1 aromatic rings. The summed E-state index contributed by atoms with van der Waals surface area (Å²) in [5.74, 6) is -1.44. The lowest BCUT2D eigenvalue weighted by Crippen LogP contribution is -2.50. The van der Waals surface area contributed by atoms with E-state index in [2.05, 4.69) is 9.64 Å². The van der Waals surface area contributed by atoms with Crippen LogP contribution in [0.2, 0.25) is 0 Å². The molecule has 0 spiro atoms. The number of carbonyl (C=O) groups excluding carboxylic acids is 1. The molecule has 1 N–H and O–H groups in total. The van der Waals surface area contributed by atoms with Crippen molar-refractivity contribution in [1.82, 2.24) is 4.90 Å². The van der Waals surface area contributed by atoms with Crippen LogP contribution in [-0.4, -0.2) is 42.1 Å². The SMILES string of the molecule is COC(=O)OC1(O)CCCN(Cc2ccccc2)C1. The van der Waals surface area contributed by atoms with E-state index >= 15 is 0 Å². The molecule has 1 saturated heterocycles. The van der Waals surface area contributed by atoms with Gasteiger partial charge in [0, 0.05) is 13.0 Å². The molecule has 0 bridgehead atoms. The zero-order valence-corrected chi connectivity index (χ0v) is 11.0. The molecule has 0 aromatic heterocycles. The first-order chi connectivity index (χ1) is 9.11. The summed E-state index contributed by atoms with van der Waals surface area (Å²) in [5, 5.41) is 10.3. The minimum Gasteiger partial charge on any atom is -0.438 e. The van der Waals surface area contributed by atoms with Gasteiger partial charge in [-0.2, -0.15) is 0 Å². The second kappa shape index (κ2) is 6.04. The highest BCUT2D eigenvalue weighted by Crippen LogP contribution is 2.24. The van der Waals surface area contributed by atoms with Gasteiger partial charge >= 0.3 is 6.16 Å². The Labute approximate surface area is 112 Å². The second-order valence-electron chi connectivity index (χ2n) is 4.80. The smallest absolute Gasteiger partial charge is 0.438 e. The number of rotatable bonds is 3. The van der Waals surface area contributed by atoms with Gasteiger partial charge in [0.2, 0.25) is 5.79 Å². The van der Waals surface area contributed by atoms with Crippen molar-refractivity contribution in [3.05, 3.63) is 35.9 Å². The number of β-amino-alcohol motifs (C(OH)–C–C–N with tert-alkyl or cyclic N) is 1. The Morgan fingerprint density at radius 3 is 2.84 bits per heavy atom. The first-order valence-corrected chi connectivity index (χ1v) is 6.37. The topological polar surface area (TPSA) is 59.0 Å². The van der Waals surface area contributed by atoms with Gasteiger partial charge in [-0.05, 0) is 18.5 Å². The number of hydrogen-bond acceptors (Lipinski definition) is 5. The van der Waals surface area contributed by atoms with E-state index in [9.17, 15) is 9.90 Å². The van der Waals surface area contributed by atoms with Crippen molar-refractivity contribution in [3.8, 4) is 0 Å². The Morgan fingerprint density at radius 1 is 1.42 bits per heavy atom. The average Bonchev–Trinajstić information content (AvgIpc) is 2.39. The molecule has 0 aliphatic carbocycles. The number of hydrogen-bond donors (Lipinski definition) is 1. The van der Waals surface area contributed by atoms with Crippen molar-refractivity contribution in [2.45, 2.75) is 25.2 Å². The highest BCUT2D eigenvalue weighted by Gasteiger charge is 2.37. The van der Waals surface area contributed by atoms with Gasteiger partial charge in [-0.1, -0.05) is 30.3 Å². The minimum atomic E-state index is -1.44. The van der Waals surface area contributed by atoms with Gasteiger partial charge in [-0.15, -0.1) is 0 Å². The maximum atomic E-state index is 11.1. The summed E-state index contributed by atoms with van der Waals surface area (Å²) in [6.45, 7) is 1.91. The van der Waals surface area contributed by atoms with Gasteiger partial charge in [-0.25, -0.2) is 4.79 Å². The Hall–Kier alpha value is -1.59. The normalized spacial score (nSPS) is 23.9. The fourth-order valence-corrected chi connectivity index (χ4v) is 2.34. The minimum absolute atomic E-state index is 0.303. The number of carbonyl (C=O) groups is 1. The summed E-state index contributed by atoms with van der Waals surface area (Å²) in [7, 11) is 1.23. The summed E-state index contributed by atoms with van der Waals surface area (Å²) < 4.78 is 9.38. The molecule has 1 fully saturated rings. The van der Waals surface area contributed by atoms with E-state index in [1.807, 2.05) is 30.3 Å². The lowest BCUT2D eigenvalue weighted by atomic mass is 10.0. The maximum Gasteiger partial charge on any atom is 0.510 e. The predicted molar refractivity (Wildman–Crippen MR) is 69.4 cm³/mol. The van der Waals surface area contributed by atoms with E-state index in [1.165, 1.54) is 12.7 Å². The highest BCUT2D eigenvalue weighted by atomic mass is 16.8. The molecular weight excluding hydrogens is 246 g/mol. The zero-order valence-electron chi connectivity index (χ0n) is 11.0. The van der Waals surface area contributed by atoms with Crippen LogP contribution in [-0.2, 0) is 16.0 Å². The van der Waals surface area contributed by atoms with Crippen LogP contribution in [0.5, 0.6) is 0 Å². The molecule has 1 aliphatic heterocycles. The van der Waals surface area contributed by atoms with Crippen molar-refractivity contribution >= 4 is 6.16 Å². The van der Waals surface area contributed by atoms with Crippen LogP contribution in [0.3, 0.4) is 0 Å². The van der Waals surface area contributed by atoms with Crippen LogP contribution in [0.15, 0.2) is 30.3 Å². The molecule has 1 unspecified atom stereocenters. The predicted octanol–water partition coefficient (Wildman–Crippen LogP) is 1.75. The number of nitrogens with zero attached hydrogens (tertiary/aromatic N) is 1. The number of aliphatic hydroxyl groups is 1. The van der Waals surface area contributed by atoms with Crippen molar-refractivity contribution in [3.63, 3.8) is 0 Å². The number of benzene rings is 1. The summed E-state index contributed by atoms with van der Waals surface area (Å²) in [6, 6.07) is 10.0. The highest BCUT2D eigenvalue weighted by molar-refractivity contribution is 5.60. The number of methoxy groups -OCH3 is 1. The summed E-state index contributed by atoms with van der Waals surface area (Å²) in [6.07, 6.45) is 0.373. The van der Waals surface area contributed by atoms with Crippen molar-refractivity contribution in [2.75, 3.05) is 20.2 Å². The standard InChI is InChI=1S/C14H19NO4/c1-18-13(16)19-14(17)8-5-9-15(11-14)10-12-6-3-2-4-7-12/h2-4,6-7,17H,5,8-11H2,1H3. The van der Waals surface area contributed by atoms with E-state index in [-0.39, 0.29) is 0 Å². The molecule has 5 heteroatoms. The van der Waals surface area contributed by atoms with Gasteiger partial charge in [-0.3, -0.25) is 4.90 Å². The van der Waals surface area contributed by atoms with Crippen molar-refractivity contribution in [1.29, 1.82) is 0 Å². The molecule has 0 radical (unpaired) electrons. The summed E-state index contributed by atoms with van der Waals surface area (Å²) in [4.78, 5) is 13.2. The van der Waals surface area contributed by atoms with Gasteiger partial charge < -0.3 is 14.6 Å². The Morgan fingerprint density at radius 2 is 2.16 bits per heavy atom. The van der Waals surface area contributed by atoms with E-state index in [1.54, 1.807) is 0 Å². The lowest BCUT2D eigenvalue weighted by Gasteiger charge is -2.37. The molecule has 1 atom stereocenters. The molecule has 1 heterocycles. The van der Waals surface area contributed by atoms with Crippen LogP contribution < -0.4 is 0 Å². The molecular formula is C14H19NO4. The molecule has 5 nitrogen and oxygen atoms in total. The quantitative estimate of drug-likeness (QED) is 0.666. The first kappa shape index (κ1) is 13.8. The molecule has 19 heavy (non-hydrogen) atoms. The Bertz CT molecular complexity index is 423. The molecule has 104 valence electrons. The summed E-state index contributed by atoms with van der Waals surface area (Å²) >= 11 is 0. The monoisotopic (exact) mass is 265 g/mol. The average molecular weight is 265 g/mol. The van der Waals surface area contributed by atoms with E-state index in [4.69, 9.17) is 4.74 Å². The third-order valence-corrected chi connectivity index (χ3v) is 3.20. The first-order valence-electron chi connectivity index (χ1n) is 6.37. The number of piperidine rings is 1. The van der Waals surface area contributed by atoms with Gasteiger partial charge in [0.15, 0.2) is 0 Å². The Kier molecular flexibility index (Phi) is 4.39. The lowest BCUT2D eigenvalue weighted by molar-refractivity contribution is -0.204. The van der Waals surface area contributed by atoms with E-state index in [0.717, 1.165) is 19.5 Å². The maximum absolute atomic E-state index is 11.1. The second-order valence-corrected chi connectivity index (χ2v) is 4.80. The van der Waals surface area contributed by atoms with Gasteiger partial charge in [0.05, 0.1) is 13.7 Å². The molecule has 1 aromatic carbocycles. The van der Waals surface area contributed by atoms with Crippen LogP contribution in [0.4, 0.5) is 4.79 Å². The van der Waals surface area contributed by atoms with Gasteiger partial charge in [0.25, 0.3) is 0 Å². The van der Waals surface area contributed by atoms with Crippen LogP contribution in [0.1, 0.15) is 18.4 Å². The molecule has 0 amide bonds. The molecule has 1 aliphatic rings. The Balaban J connectivity index is 1.95. The van der Waals surface area contributed by atoms with Crippen molar-refractivity contribution < 1.29 is 19.4 Å². The van der Waals surface area contributed by atoms with Crippen LogP contribution in [0.25, 0.3) is 0 Å². The molecule has 0 saturated carbocycles. The van der Waals surface area contributed by atoms with Crippen LogP contribution in [0, 0.1) is 0 Å². The van der Waals surface area contributed by atoms with Gasteiger partial charge in [0.1, 0.15) is 0 Å². The third-order valence-electron chi connectivity index (χ3n) is 3.20. The number of likely N-dealkylation sites (tertiary alicyclic amines) is 1. The zero-order chi connectivity index (χ0) is 13.7. The fraction of sp³-hybridized carbons (Fsp3) is 0.500. The molecule has 2 rings (SSSR count). The van der Waals surface area contributed by atoms with E-state index < -0.39 is 11.9 Å². The van der Waals surface area contributed by atoms with Crippen molar-refractivity contribution in [2.24, 2.45) is 0 Å². The fourth-order valence-electron chi connectivity index (χ4n) is 2.34. The third kappa shape index (κ3) is 3.94. The number of ether oxygens (including phenoxy) is 2.